The van der Waals surface area contributed by atoms with Crippen molar-refractivity contribution in [3.05, 3.63) is 29.8 Å². The highest BCUT2D eigenvalue weighted by Gasteiger charge is 2.44. The van der Waals surface area contributed by atoms with Crippen LogP contribution in [0.15, 0.2) is 24.3 Å². The number of ether oxygens (including phenoxy) is 1. The standard InChI is InChI=1S/C10H8F7NO/c11-8(12)10(16,17)19-6-3-1-2-5(4-6)7(18)9(13,14)15/h1-4,7-8H,18H2/t7-/m1/s1. The molecule has 0 radical (unpaired) electrons. The number of benzene rings is 1. The average Bonchev–Trinajstić information content (AvgIpc) is 2.26. The molecule has 0 amide bonds. The second-order valence-corrected chi connectivity index (χ2v) is 3.56. The van der Waals surface area contributed by atoms with E-state index in [2.05, 4.69) is 4.74 Å². The molecule has 0 fully saturated rings. The molecule has 0 saturated carbocycles. The predicted molar refractivity (Wildman–Crippen MR) is 51.0 cm³/mol. The summed E-state index contributed by atoms with van der Waals surface area (Å²) in [6.45, 7) is 0. The summed E-state index contributed by atoms with van der Waals surface area (Å²) in [6.07, 6.45) is -13.7. The van der Waals surface area contributed by atoms with Crippen LogP contribution in [0, 0.1) is 0 Å². The maximum Gasteiger partial charge on any atom is 0.461 e. The first-order chi connectivity index (χ1) is 8.54. The Labute approximate surface area is 103 Å². The molecule has 0 heterocycles. The quantitative estimate of drug-likeness (QED) is 0.862. The Morgan fingerprint density at radius 3 is 2.11 bits per heavy atom. The highest BCUT2D eigenvalue weighted by molar-refractivity contribution is 5.31. The number of alkyl halides is 7. The van der Waals surface area contributed by atoms with Crippen LogP contribution in [0.2, 0.25) is 0 Å². The van der Waals surface area contributed by atoms with Gasteiger partial charge in [-0.1, -0.05) is 12.1 Å². The van der Waals surface area contributed by atoms with Gasteiger partial charge in [-0.2, -0.15) is 30.7 Å². The molecule has 0 unspecified atom stereocenters. The Balaban J connectivity index is 2.96. The summed E-state index contributed by atoms with van der Waals surface area (Å²) in [5, 5.41) is 0. The van der Waals surface area contributed by atoms with Gasteiger partial charge in [-0.05, 0) is 17.7 Å². The largest absolute Gasteiger partial charge is 0.461 e. The van der Waals surface area contributed by atoms with Gasteiger partial charge < -0.3 is 10.5 Å². The minimum absolute atomic E-state index is 0.536. The van der Waals surface area contributed by atoms with Gasteiger partial charge in [-0.3, -0.25) is 0 Å². The molecule has 1 aromatic carbocycles. The third-order valence-corrected chi connectivity index (χ3v) is 2.08. The van der Waals surface area contributed by atoms with Crippen molar-refractivity contribution in [3.63, 3.8) is 0 Å². The van der Waals surface area contributed by atoms with Crippen molar-refractivity contribution in [3.8, 4) is 5.75 Å². The number of hydrogen-bond donors (Lipinski definition) is 1. The van der Waals surface area contributed by atoms with Crippen LogP contribution < -0.4 is 10.5 Å². The second kappa shape index (κ2) is 5.24. The van der Waals surface area contributed by atoms with Gasteiger partial charge in [0.2, 0.25) is 0 Å². The third-order valence-electron chi connectivity index (χ3n) is 2.08. The highest BCUT2D eigenvalue weighted by atomic mass is 19.4. The van der Waals surface area contributed by atoms with Crippen LogP contribution in [0.1, 0.15) is 11.6 Å². The molecule has 108 valence electrons. The molecule has 0 aliphatic rings. The molecule has 19 heavy (non-hydrogen) atoms. The van der Waals surface area contributed by atoms with Crippen molar-refractivity contribution in [1.82, 2.24) is 0 Å². The fourth-order valence-electron chi connectivity index (χ4n) is 1.16. The summed E-state index contributed by atoms with van der Waals surface area (Å²) in [6, 6.07) is 0.803. The lowest BCUT2D eigenvalue weighted by atomic mass is 10.1. The van der Waals surface area contributed by atoms with E-state index in [1.54, 1.807) is 0 Å². The van der Waals surface area contributed by atoms with Crippen LogP contribution in [-0.4, -0.2) is 18.7 Å². The predicted octanol–water partition coefficient (Wildman–Crippen LogP) is 3.49. The fraction of sp³-hybridized carbons (Fsp3) is 0.400. The SMILES string of the molecule is N[C@H](c1cccc(OC(F)(F)C(F)F)c1)C(F)(F)F. The van der Waals surface area contributed by atoms with Gasteiger partial charge in [-0.15, -0.1) is 0 Å². The molecule has 2 nitrogen and oxygen atoms in total. The first kappa shape index (κ1) is 15.5. The van der Waals surface area contributed by atoms with Gasteiger partial charge in [0.05, 0.1) is 0 Å². The Morgan fingerprint density at radius 1 is 1.05 bits per heavy atom. The maximum absolute atomic E-state index is 12.6. The van der Waals surface area contributed by atoms with Gasteiger partial charge >= 0.3 is 18.7 Å². The second-order valence-electron chi connectivity index (χ2n) is 3.56. The van der Waals surface area contributed by atoms with E-state index in [4.69, 9.17) is 5.73 Å². The smallest absolute Gasteiger partial charge is 0.428 e. The zero-order valence-corrected chi connectivity index (χ0v) is 9.10. The molecule has 2 N–H and O–H groups in total. The van der Waals surface area contributed by atoms with Gasteiger partial charge in [-0.25, -0.2) is 0 Å². The molecule has 0 saturated heterocycles. The molecule has 0 aliphatic carbocycles. The van der Waals surface area contributed by atoms with Crippen molar-refractivity contribution in [2.45, 2.75) is 24.8 Å². The van der Waals surface area contributed by atoms with E-state index in [1.807, 2.05) is 0 Å². The van der Waals surface area contributed by atoms with E-state index in [1.165, 1.54) is 0 Å². The van der Waals surface area contributed by atoms with Gasteiger partial charge in [0.15, 0.2) is 0 Å². The van der Waals surface area contributed by atoms with Crippen LogP contribution in [0.3, 0.4) is 0 Å². The summed E-state index contributed by atoms with van der Waals surface area (Å²) in [5.41, 5.74) is 4.27. The minimum atomic E-state index is -4.79. The maximum atomic E-state index is 12.6. The van der Waals surface area contributed by atoms with Crippen LogP contribution in [-0.2, 0) is 0 Å². The number of nitrogens with two attached hydrogens (primary N) is 1. The Kier molecular flexibility index (Phi) is 4.28. The van der Waals surface area contributed by atoms with E-state index in [-0.39, 0.29) is 0 Å². The number of halogens is 7. The molecule has 0 aromatic heterocycles. The van der Waals surface area contributed by atoms with E-state index >= 15 is 0 Å². The molecule has 0 spiro atoms. The molecule has 0 aliphatic heterocycles. The van der Waals surface area contributed by atoms with E-state index in [9.17, 15) is 30.7 Å². The topological polar surface area (TPSA) is 35.2 Å². The Hall–Kier alpha value is -1.51. The lowest BCUT2D eigenvalue weighted by molar-refractivity contribution is -0.253. The van der Waals surface area contributed by atoms with Crippen LogP contribution in [0.4, 0.5) is 30.7 Å². The van der Waals surface area contributed by atoms with Gasteiger partial charge in [0, 0.05) is 0 Å². The average molecular weight is 291 g/mol. The van der Waals surface area contributed by atoms with E-state index in [0.29, 0.717) is 6.07 Å². The van der Waals surface area contributed by atoms with Crippen molar-refractivity contribution in [2.24, 2.45) is 5.73 Å². The molecule has 1 atom stereocenters. The molecule has 1 rings (SSSR count). The van der Waals surface area contributed by atoms with Gasteiger partial charge in [0.25, 0.3) is 0 Å². The molecule has 9 heteroatoms. The number of hydrogen-bond acceptors (Lipinski definition) is 2. The lowest BCUT2D eigenvalue weighted by Gasteiger charge is -2.19. The first-order valence-corrected chi connectivity index (χ1v) is 4.81. The van der Waals surface area contributed by atoms with Crippen molar-refractivity contribution in [1.29, 1.82) is 0 Å². The van der Waals surface area contributed by atoms with Crippen LogP contribution >= 0.6 is 0 Å². The fourth-order valence-corrected chi connectivity index (χ4v) is 1.16. The highest BCUT2D eigenvalue weighted by Crippen LogP contribution is 2.33. The zero-order valence-electron chi connectivity index (χ0n) is 9.10. The summed E-state index contributed by atoms with van der Waals surface area (Å²) in [5.74, 6) is -0.831. The zero-order chi connectivity index (χ0) is 14.8. The van der Waals surface area contributed by atoms with Gasteiger partial charge in [0.1, 0.15) is 11.8 Å². The summed E-state index contributed by atoms with van der Waals surface area (Å²) in [4.78, 5) is 0. The van der Waals surface area contributed by atoms with Crippen molar-refractivity contribution >= 4 is 0 Å². The summed E-state index contributed by atoms with van der Waals surface area (Å²) >= 11 is 0. The summed E-state index contributed by atoms with van der Waals surface area (Å²) < 4.78 is 89.4. The van der Waals surface area contributed by atoms with E-state index in [0.717, 1.165) is 18.2 Å². The molecule has 1 aromatic rings. The molecule has 0 bridgehead atoms. The normalized spacial score (nSPS) is 14.6. The monoisotopic (exact) mass is 291 g/mol. The first-order valence-electron chi connectivity index (χ1n) is 4.81. The Morgan fingerprint density at radius 2 is 1.63 bits per heavy atom. The molecular formula is C10H8F7NO. The lowest BCUT2D eigenvalue weighted by Crippen LogP contribution is -2.33. The molecular weight excluding hydrogens is 283 g/mol. The van der Waals surface area contributed by atoms with Crippen molar-refractivity contribution in [2.75, 3.05) is 0 Å². The van der Waals surface area contributed by atoms with E-state index < -0.39 is 36.1 Å². The third kappa shape index (κ3) is 3.98. The summed E-state index contributed by atoms with van der Waals surface area (Å²) in [7, 11) is 0. The minimum Gasteiger partial charge on any atom is -0.428 e. The number of rotatable bonds is 4. The van der Waals surface area contributed by atoms with Crippen molar-refractivity contribution < 1.29 is 35.5 Å². The Bertz CT molecular complexity index is 432. The van der Waals surface area contributed by atoms with Crippen LogP contribution in [0.5, 0.6) is 5.75 Å². The van der Waals surface area contributed by atoms with Crippen LogP contribution in [0.25, 0.3) is 0 Å².